The molecule has 1 nitrogen and oxygen atoms in total. The highest BCUT2D eigenvalue weighted by Gasteiger charge is 2.14. The van der Waals surface area contributed by atoms with Gasteiger partial charge in [0.05, 0.1) is 0 Å². The number of alkyl halides is 2. The zero-order valence-corrected chi connectivity index (χ0v) is 8.09. The summed E-state index contributed by atoms with van der Waals surface area (Å²) in [7, 11) is 0. The van der Waals surface area contributed by atoms with E-state index < -0.39 is 15.8 Å². The number of hydrogen-bond donors (Lipinski definition) is 0. The molecular formula is C8H5F2IO. The minimum absolute atomic E-state index is 0.193. The van der Waals surface area contributed by atoms with Crippen molar-refractivity contribution in [3.05, 3.63) is 35.6 Å². The maximum Gasteiger partial charge on any atom is 0.213 e. The Morgan fingerprint density at radius 1 is 1.33 bits per heavy atom. The fourth-order valence-corrected chi connectivity index (χ4v) is 1.10. The zero-order chi connectivity index (χ0) is 9.14. The number of rotatable bonds is 2. The Labute approximate surface area is 81.9 Å². The minimum atomic E-state index is -1.56. The van der Waals surface area contributed by atoms with Crippen LogP contribution in [-0.4, -0.2) is 9.96 Å². The first-order valence-corrected chi connectivity index (χ1v) is 4.44. The molecule has 0 aliphatic heterocycles. The van der Waals surface area contributed by atoms with Crippen molar-refractivity contribution in [1.29, 1.82) is 0 Å². The van der Waals surface area contributed by atoms with Crippen molar-refractivity contribution in [3.63, 3.8) is 0 Å². The molecular weight excluding hydrogens is 277 g/mol. The molecule has 0 saturated heterocycles. The van der Waals surface area contributed by atoms with Crippen LogP contribution in [0.4, 0.5) is 8.78 Å². The van der Waals surface area contributed by atoms with Crippen LogP contribution in [0.15, 0.2) is 24.3 Å². The van der Waals surface area contributed by atoms with Gasteiger partial charge in [0, 0.05) is 5.56 Å². The molecule has 0 saturated carbocycles. The number of halogens is 3. The Hall–Kier alpha value is -0.520. The molecule has 0 amide bonds. The van der Waals surface area contributed by atoms with Gasteiger partial charge >= 0.3 is 0 Å². The first kappa shape index (κ1) is 9.57. The van der Waals surface area contributed by atoms with Crippen LogP contribution in [0.1, 0.15) is 10.4 Å². The molecule has 1 aromatic rings. The van der Waals surface area contributed by atoms with Crippen LogP contribution >= 0.6 is 22.6 Å². The summed E-state index contributed by atoms with van der Waals surface area (Å²) < 4.78 is 23.2. The summed E-state index contributed by atoms with van der Waals surface area (Å²) in [6.07, 6.45) is 0. The third-order valence-corrected chi connectivity index (χ3v) is 1.89. The van der Waals surface area contributed by atoms with Gasteiger partial charge in [-0.3, -0.25) is 4.79 Å². The average Bonchev–Trinajstić information content (AvgIpc) is 2.04. The zero-order valence-electron chi connectivity index (χ0n) is 5.93. The first-order valence-electron chi connectivity index (χ1n) is 3.19. The molecule has 0 aromatic heterocycles. The van der Waals surface area contributed by atoms with Crippen LogP contribution in [-0.2, 0) is 0 Å². The summed E-state index contributed by atoms with van der Waals surface area (Å²) in [5.74, 6) is -1.06. The third-order valence-electron chi connectivity index (χ3n) is 1.33. The van der Waals surface area contributed by atoms with Gasteiger partial charge in [-0.25, -0.2) is 8.78 Å². The lowest BCUT2D eigenvalue weighted by Crippen LogP contribution is -2.07. The summed E-state index contributed by atoms with van der Waals surface area (Å²) in [4.78, 5) is 11.0. The van der Waals surface area contributed by atoms with Crippen LogP contribution in [0.25, 0.3) is 0 Å². The molecule has 4 heteroatoms. The van der Waals surface area contributed by atoms with Crippen molar-refractivity contribution in [3.8, 4) is 0 Å². The van der Waals surface area contributed by atoms with Crippen LogP contribution in [0.5, 0.6) is 0 Å². The van der Waals surface area contributed by atoms with E-state index >= 15 is 0 Å². The normalized spacial score (nSPS) is 12.6. The second kappa shape index (κ2) is 3.93. The standard InChI is InChI=1S/C8H5F2IO/c9-6-3-1-5(2-4-6)7(12)8(10)11/h1-4,8H. The maximum atomic E-state index is 12.4. The van der Waals surface area contributed by atoms with E-state index in [1.54, 1.807) is 0 Å². The van der Waals surface area contributed by atoms with Crippen LogP contribution in [0.2, 0.25) is 0 Å². The molecule has 0 N–H and O–H groups in total. The molecule has 0 bridgehead atoms. The molecule has 1 aromatic carbocycles. The number of carbonyl (C=O) groups excluding carboxylic acids is 1. The van der Waals surface area contributed by atoms with Gasteiger partial charge in [0.25, 0.3) is 0 Å². The molecule has 1 unspecified atom stereocenters. The summed E-state index contributed by atoms with van der Waals surface area (Å²) in [6.45, 7) is 0. The smallest absolute Gasteiger partial charge is 0.213 e. The van der Waals surface area contributed by atoms with E-state index in [1.165, 1.54) is 34.7 Å². The second-order valence-corrected chi connectivity index (χ2v) is 3.27. The molecule has 1 atom stereocenters. The van der Waals surface area contributed by atoms with Gasteiger partial charge in [0.1, 0.15) is 5.82 Å². The Morgan fingerprint density at radius 2 is 1.83 bits per heavy atom. The Kier molecular flexibility index (Phi) is 3.13. The molecule has 1 rings (SSSR count). The summed E-state index contributed by atoms with van der Waals surface area (Å²) >= 11 is 1.37. The van der Waals surface area contributed by atoms with E-state index in [9.17, 15) is 13.6 Å². The van der Waals surface area contributed by atoms with E-state index in [1.807, 2.05) is 0 Å². The van der Waals surface area contributed by atoms with Crippen LogP contribution < -0.4 is 0 Å². The molecule has 0 spiro atoms. The van der Waals surface area contributed by atoms with Gasteiger partial charge in [-0.1, -0.05) is 0 Å². The predicted octanol–water partition coefficient (Wildman–Crippen LogP) is 2.74. The lowest BCUT2D eigenvalue weighted by atomic mass is 10.1. The number of hydrogen-bond acceptors (Lipinski definition) is 1. The third kappa shape index (κ3) is 2.23. The van der Waals surface area contributed by atoms with Crippen LogP contribution in [0, 0.1) is 5.82 Å². The minimum Gasteiger partial charge on any atom is -0.290 e. The number of carbonyl (C=O) groups is 1. The second-order valence-electron chi connectivity index (χ2n) is 2.17. The quantitative estimate of drug-likeness (QED) is 0.463. The van der Waals surface area contributed by atoms with Gasteiger partial charge in [-0.15, -0.1) is 0 Å². The topological polar surface area (TPSA) is 17.1 Å². The van der Waals surface area contributed by atoms with Gasteiger partial charge in [0.2, 0.25) is 9.96 Å². The molecule has 0 fully saturated rings. The highest BCUT2D eigenvalue weighted by molar-refractivity contribution is 14.1. The number of Topliss-reactive ketones (excluding diaryl/α,β-unsaturated/α-hetero) is 1. The van der Waals surface area contributed by atoms with E-state index in [-0.39, 0.29) is 5.56 Å². The lowest BCUT2D eigenvalue weighted by molar-refractivity contribution is 0.0948. The summed E-state index contributed by atoms with van der Waals surface area (Å²) in [6, 6.07) is 4.80. The maximum absolute atomic E-state index is 12.4. The van der Waals surface area contributed by atoms with Crippen LogP contribution in [0.3, 0.4) is 0 Å². The predicted molar refractivity (Wildman–Crippen MR) is 49.6 cm³/mol. The number of benzene rings is 1. The van der Waals surface area contributed by atoms with Crippen molar-refractivity contribution in [2.24, 2.45) is 0 Å². The Bertz CT molecular complexity index is 282. The van der Waals surface area contributed by atoms with Gasteiger partial charge in [-0.2, -0.15) is 0 Å². The average molecular weight is 282 g/mol. The van der Waals surface area contributed by atoms with Gasteiger partial charge in [-0.05, 0) is 46.9 Å². The highest BCUT2D eigenvalue weighted by atomic mass is 127. The largest absolute Gasteiger partial charge is 0.290 e. The Morgan fingerprint density at radius 3 is 2.25 bits per heavy atom. The van der Waals surface area contributed by atoms with Crippen molar-refractivity contribution >= 4 is 28.4 Å². The lowest BCUT2D eigenvalue weighted by Gasteiger charge is -1.98. The Balaban J connectivity index is 2.90. The van der Waals surface area contributed by atoms with Gasteiger partial charge in [0.15, 0.2) is 0 Å². The molecule has 0 aliphatic carbocycles. The molecule has 0 heterocycles. The van der Waals surface area contributed by atoms with Gasteiger partial charge < -0.3 is 0 Å². The fraction of sp³-hybridized carbons (Fsp3) is 0.125. The van der Waals surface area contributed by atoms with E-state index in [2.05, 4.69) is 0 Å². The van der Waals surface area contributed by atoms with Crippen molar-refractivity contribution in [2.75, 3.05) is 0 Å². The summed E-state index contributed by atoms with van der Waals surface area (Å²) in [5.41, 5.74) is 0.193. The highest BCUT2D eigenvalue weighted by Crippen LogP contribution is 2.12. The monoisotopic (exact) mass is 282 g/mol. The van der Waals surface area contributed by atoms with E-state index in [0.717, 1.165) is 12.1 Å². The van der Waals surface area contributed by atoms with Crippen molar-refractivity contribution in [2.45, 2.75) is 4.18 Å². The molecule has 0 radical (unpaired) electrons. The van der Waals surface area contributed by atoms with E-state index in [0.29, 0.717) is 0 Å². The van der Waals surface area contributed by atoms with Crippen molar-refractivity contribution in [1.82, 2.24) is 0 Å². The first-order chi connectivity index (χ1) is 5.61. The molecule has 0 aliphatic rings. The van der Waals surface area contributed by atoms with Crippen molar-refractivity contribution < 1.29 is 13.6 Å². The molecule has 64 valence electrons. The summed E-state index contributed by atoms with van der Waals surface area (Å²) in [5, 5.41) is 0. The molecule has 12 heavy (non-hydrogen) atoms. The fourth-order valence-electron chi connectivity index (χ4n) is 0.740. The van der Waals surface area contributed by atoms with E-state index in [4.69, 9.17) is 0 Å². The number of ketones is 1. The SMILES string of the molecule is O=C(c1ccc(F)cc1)C(F)I.